The van der Waals surface area contributed by atoms with Crippen LogP contribution in [0.25, 0.3) is 0 Å². The number of amides is 2. The molecule has 0 spiro atoms. The minimum Gasteiger partial charge on any atom is -0.445 e. The molecule has 90 valence electrons. The van der Waals surface area contributed by atoms with Crippen molar-refractivity contribution in [3.05, 3.63) is 12.7 Å². The molecule has 0 unspecified atom stereocenters. The molecule has 2 amide bonds. The number of hydrogen-bond donors (Lipinski definition) is 2. The lowest BCUT2D eigenvalue weighted by Crippen LogP contribution is -2.38. The number of hydroxylamine groups is 1. The second-order valence-corrected chi connectivity index (χ2v) is 2.59. The molecule has 0 bridgehead atoms. The van der Waals surface area contributed by atoms with E-state index < -0.39 is 18.0 Å². The highest BCUT2D eigenvalue weighted by atomic mass is 16.7. The molecular formula is C9H14N2O5. The summed E-state index contributed by atoms with van der Waals surface area (Å²) in [5, 5.41) is 2.15. The topological polar surface area (TPSA) is 93.7 Å². The maximum Gasteiger partial charge on any atom is 0.407 e. The zero-order valence-electron chi connectivity index (χ0n) is 8.95. The number of carbonyl (C=O) groups excluding carboxylic acids is 3. The second-order valence-electron chi connectivity index (χ2n) is 2.59. The van der Waals surface area contributed by atoms with E-state index in [9.17, 15) is 14.4 Å². The number of carbonyl (C=O) groups is 3. The highest BCUT2D eigenvalue weighted by molar-refractivity contribution is 5.82. The third kappa shape index (κ3) is 7.36. The fourth-order valence-corrected chi connectivity index (χ4v) is 0.560. The standard InChI is InChI=1S/C9H14N2O5/c1-3-5-15-9(14)10-6-7(12)11-16-8(13)4-2/h3H,1,4-6H2,2H3,(H,10,14)(H,11,12). The highest BCUT2D eigenvalue weighted by Gasteiger charge is 2.07. The van der Waals surface area contributed by atoms with Gasteiger partial charge in [0.2, 0.25) is 0 Å². The van der Waals surface area contributed by atoms with Gasteiger partial charge in [-0.15, -0.1) is 0 Å². The molecule has 2 N–H and O–H groups in total. The molecule has 7 nitrogen and oxygen atoms in total. The molecule has 0 aliphatic heterocycles. The predicted octanol–water partition coefficient (Wildman–Crippen LogP) is -0.117. The first-order valence-corrected chi connectivity index (χ1v) is 4.60. The molecule has 0 aromatic heterocycles. The first-order chi connectivity index (χ1) is 7.60. The van der Waals surface area contributed by atoms with Gasteiger partial charge in [-0.25, -0.2) is 9.59 Å². The fourth-order valence-electron chi connectivity index (χ4n) is 0.560. The van der Waals surface area contributed by atoms with Crippen molar-refractivity contribution >= 4 is 18.0 Å². The SMILES string of the molecule is C=CCOC(=O)NCC(=O)NOC(=O)CC. The maximum atomic E-state index is 11.0. The molecule has 7 heteroatoms. The van der Waals surface area contributed by atoms with E-state index in [-0.39, 0.29) is 19.6 Å². The van der Waals surface area contributed by atoms with Crippen molar-refractivity contribution < 1.29 is 24.0 Å². The Morgan fingerprint density at radius 3 is 2.62 bits per heavy atom. The molecule has 16 heavy (non-hydrogen) atoms. The maximum absolute atomic E-state index is 11.0. The largest absolute Gasteiger partial charge is 0.445 e. The third-order valence-corrected chi connectivity index (χ3v) is 1.29. The van der Waals surface area contributed by atoms with Crippen LogP contribution in [0.2, 0.25) is 0 Å². The Kier molecular flexibility index (Phi) is 7.21. The van der Waals surface area contributed by atoms with E-state index in [1.807, 2.05) is 5.48 Å². The summed E-state index contributed by atoms with van der Waals surface area (Å²) in [5.41, 5.74) is 1.87. The van der Waals surface area contributed by atoms with Crippen molar-refractivity contribution in [3.63, 3.8) is 0 Å². The van der Waals surface area contributed by atoms with Gasteiger partial charge in [-0.1, -0.05) is 19.6 Å². The second kappa shape index (κ2) is 8.27. The lowest BCUT2D eigenvalue weighted by atomic mass is 10.5. The molecule has 0 aliphatic rings. The molecule has 0 aromatic rings. The Hall–Kier alpha value is -2.05. The number of ether oxygens (including phenoxy) is 1. The summed E-state index contributed by atoms with van der Waals surface area (Å²) in [6.07, 6.45) is 0.787. The summed E-state index contributed by atoms with van der Waals surface area (Å²) in [5.74, 6) is -1.22. The first kappa shape index (κ1) is 13.9. The molecule has 0 rings (SSSR count). The van der Waals surface area contributed by atoms with Crippen LogP contribution < -0.4 is 10.8 Å². The van der Waals surface area contributed by atoms with Crippen molar-refractivity contribution in [2.24, 2.45) is 0 Å². The Labute approximate surface area is 92.7 Å². The molecular weight excluding hydrogens is 216 g/mol. The van der Waals surface area contributed by atoms with Crippen molar-refractivity contribution in [1.29, 1.82) is 0 Å². The number of rotatable bonds is 5. The monoisotopic (exact) mass is 230 g/mol. The molecule has 0 saturated heterocycles. The normalized spacial score (nSPS) is 8.81. The van der Waals surface area contributed by atoms with Crippen LogP contribution in [0.3, 0.4) is 0 Å². The lowest BCUT2D eigenvalue weighted by Gasteiger charge is -2.06. The van der Waals surface area contributed by atoms with E-state index >= 15 is 0 Å². The summed E-state index contributed by atoms with van der Waals surface area (Å²) in [6, 6.07) is 0. The van der Waals surface area contributed by atoms with Crippen LogP contribution in [0.1, 0.15) is 13.3 Å². The summed E-state index contributed by atoms with van der Waals surface area (Å²) >= 11 is 0. The van der Waals surface area contributed by atoms with Crippen LogP contribution >= 0.6 is 0 Å². The number of nitrogens with one attached hydrogen (secondary N) is 2. The number of alkyl carbamates (subject to hydrolysis) is 1. The van der Waals surface area contributed by atoms with E-state index in [0.717, 1.165) is 0 Å². The summed E-state index contributed by atoms with van der Waals surface area (Å²) in [4.78, 5) is 36.8. The van der Waals surface area contributed by atoms with Crippen molar-refractivity contribution in [3.8, 4) is 0 Å². The van der Waals surface area contributed by atoms with Crippen LogP contribution in [0.5, 0.6) is 0 Å². The predicted molar refractivity (Wildman–Crippen MR) is 54.1 cm³/mol. The van der Waals surface area contributed by atoms with E-state index in [1.54, 1.807) is 6.92 Å². The lowest BCUT2D eigenvalue weighted by molar-refractivity contribution is -0.157. The zero-order chi connectivity index (χ0) is 12.4. The van der Waals surface area contributed by atoms with Crippen molar-refractivity contribution in [2.75, 3.05) is 13.2 Å². The van der Waals surface area contributed by atoms with Gasteiger partial charge in [-0.05, 0) is 0 Å². The van der Waals surface area contributed by atoms with Crippen LogP contribution in [0.15, 0.2) is 12.7 Å². The minimum absolute atomic E-state index is 0.0538. The zero-order valence-corrected chi connectivity index (χ0v) is 8.95. The van der Waals surface area contributed by atoms with Crippen molar-refractivity contribution in [1.82, 2.24) is 10.8 Å². The minimum atomic E-state index is -0.753. The summed E-state index contributed by atoms with van der Waals surface area (Å²) in [6.45, 7) is 4.64. The Bertz CT molecular complexity index is 277. The van der Waals surface area contributed by atoms with Crippen LogP contribution in [-0.4, -0.2) is 31.1 Å². The van der Waals surface area contributed by atoms with Crippen LogP contribution in [-0.2, 0) is 19.2 Å². The van der Waals surface area contributed by atoms with E-state index in [1.165, 1.54) is 6.08 Å². The van der Waals surface area contributed by atoms with E-state index in [4.69, 9.17) is 0 Å². The van der Waals surface area contributed by atoms with Crippen molar-refractivity contribution in [2.45, 2.75) is 13.3 Å². The molecule has 0 aromatic carbocycles. The van der Waals surface area contributed by atoms with Crippen LogP contribution in [0, 0.1) is 0 Å². The van der Waals surface area contributed by atoms with Gasteiger partial charge in [0, 0.05) is 6.42 Å². The Morgan fingerprint density at radius 1 is 1.38 bits per heavy atom. The van der Waals surface area contributed by atoms with Gasteiger partial charge in [0.05, 0.1) is 0 Å². The smallest absolute Gasteiger partial charge is 0.407 e. The van der Waals surface area contributed by atoms with Gasteiger partial charge < -0.3 is 14.9 Å². The third-order valence-electron chi connectivity index (χ3n) is 1.29. The Balaban J connectivity index is 3.60. The molecule has 0 aliphatic carbocycles. The Morgan fingerprint density at radius 2 is 2.06 bits per heavy atom. The van der Waals surface area contributed by atoms with Gasteiger partial charge in [-0.2, -0.15) is 5.48 Å². The van der Waals surface area contributed by atoms with Gasteiger partial charge in [-0.3, -0.25) is 4.79 Å². The summed E-state index contributed by atoms with van der Waals surface area (Å²) < 4.78 is 4.53. The van der Waals surface area contributed by atoms with Crippen LogP contribution in [0.4, 0.5) is 4.79 Å². The fraction of sp³-hybridized carbons (Fsp3) is 0.444. The quantitative estimate of drug-likeness (QED) is 0.507. The number of hydrogen-bond acceptors (Lipinski definition) is 5. The molecule has 0 fully saturated rings. The summed E-state index contributed by atoms with van der Waals surface area (Å²) in [7, 11) is 0. The molecule has 0 heterocycles. The van der Waals surface area contributed by atoms with Gasteiger partial charge in [0.15, 0.2) is 0 Å². The molecule has 0 atom stereocenters. The first-order valence-electron chi connectivity index (χ1n) is 4.60. The average molecular weight is 230 g/mol. The van der Waals surface area contributed by atoms with Gasteiger partial charge in [0.25, 0.3) is 5.91 Å². The molecule has 0 radical (unpaired) electrons. The molecule has 0 saturated carbocycles. The van der Waals surface area contributed by atoms with Gasteiger partial charge in [0.1, 0.15) is 13.2 Å². The van der Waals surface area contributed by atoms with E-state index in [2.05, 4.69) is 21.5 Å². The van der Waals surface area contributed by atoms with E-state index in [0.29, 0.717) is 0 Å². The average Bonchev–Trinajstić information content (AvgIpc) is 2.30. The van der Waals surface area contributed by atoms with Gasteiger partial charge >= 0.3 is 12.1 Å². The highest BCUT2D eigenvalue weighted by Crippen LogP contribution is 1.80.